The fourth-order valence-electron chi connectivity index (χ4n) is 2.78. The van der Waals surface area contributed by atoms with Crippen LogP contribution in [0.1, 0.15) is 46.0 Å². The van der Waals surface area contributed by atoms with Crippen LogP contribution in [-0.4, -0.2) is 34.6 Å². The Kier molecular flexibility index (Phi) is 5.40. The maximum absolute atomic E-state index is 5.95. The SMILES string of the molecule is CCOc1nc(Cl)nc(N(C)C2CCC(CC)CC2)n1. The summed E-state index contributed by atoms with van der Waals surface area (Å²) in [5, 5.41) is 0.188. The van der Waals surface area contributed by atoms with Gasteiger partial charge in [0.25, 0.3) is 0 Å². The van der Waals surface area contributed by atoms with Gasteiger partial charge in [0.1, 0.15) is 0 Å². The van der Waals surface area contributed by atoms with Crippen LogP contribution in [0.5, 0.6) is 6.01 Å². The Morgan fingerprint density at radius 3 is 2.45 bits per heavy atom. The van der Waals surface area contributed by atoms with Crippen LogP contribution in [0.4, 0.5) is 5.95 Å². The van der Waals surface area contributed by atoms with E-state index in [1.54, 1.807) is 0 Å². The van der Waals surface area contributed by atoms with Crippen LogP contribution < -0.4 is 9.64 Å². The number of hydrogen-bond acceptors (Lipinski definition) is 5. The predicted octanol–water partition coefficient (Wildman–Crippen LogP) is 3.33. The first-order valence-corrected chi connectivity index (χ1v) is 7.79. The second-order valence-electron chi connectivity index (χ2n) is 5.31. The third kappa shape index (κ3) is 3.72. The van der Waals surface area contributed by atoms with Crippen molar-refractivity contribution < 1.29 is 4.74 Å². The maximum atomic E-state index is 5.95. The van der Waals surface area contributed by atoms with Crippen molar-refractivity contribution in [3.05, 3.63) is 5.28 Å². The summed E-state index contributed by atoms with van der Waals surface area (Å²) in [5.41, 5.74) is 0. The van der Waals surface area contributed by atoms with E-state index in [-0.39, 0.29) is 5.28 Å². The second kappa shape index (κ2) is 7.07. The summed E-state index contributed by atoms with van der Waals surface area (Å²) in [7, 11) is 2.03. The van der Waals surface area contributed by atoms with Gasteiger partial charge in [-0.3, -0.25) is 0 Å². The molecule has 1 heterocycles. The molecule has 1 saturated carbocycles. The van der Waals surface area contributed by atoms with E-state index in [4.69, 9.17) is 16.3 Å². The third-order valence-electron chi connectivity index (χ3n) is 4.11. The van der Waals surface area contributed by atoms with Crippen LogP contribution >= 0.6 is 11.6 Å². The zero-order valence-electron chi connectivity index (χ0n) is 12.5. The molecule has 0 atom stereocenters. The number of halogens is 1. The number of anilines is 1. The standard InChI is InChI=1S/C14H23ClN4O/c1-4-10-6-8-11(9-7-10)19(3)13-16-12(15)17-14(18-13)20-5-2/h10-11H,4-9H2,1-3H3. The molecular weight excluding hydrogens is 276 g/mol. The van der Waals surface area contributed by atoms with Crippen LogP contribution in [0.3, 0.4) is 0 Å². The smallest absolute Gasteiger partial charge is 0.322 e. The minimum Gasteiger partial charge on any atom is -0.464 e. The monoisotopic (exact) mass is 298 g/mol. The summed E-state index contributed by atoms with van der Waals surface area (Å²) in [5.74, 6) is 1.48. The fourth-order valence-corrected chi connectivity index (χ4v) is 2.92. The highest BCUT2D eigenvalue weighted by Crippen LogP contribution is 2.30. The van der Waals surface area contributed by atoms with Gasteiger partial charge in [0.05, 0.1) is 6.61 Å². The molecule has 0 unspecified atom stereocenters. The van der Waals surface area contributed by atoms with E-state index in [1.807, 2.05) is 14.0 Å². The zero-order valence-corrected chi connectivity index (χ0v) is 13.2. The topological polar surface area (TPSA) is 51.1 Å². The molecule has 0 saturated heterocycles. The molecule has 1 aromatic heterocycles. The van der Waals surface area contributed by atoms with Gasteiger partial charge in [0.2, 0.25) is 11.2 Å². The molecule has 0 N–H and O–H groups in total. The molecule has 0 aromatic carbocycles. The van der Waals surface area contributed by atoms with Gasteiger partial charge in [0.15, 0.2) is 0 Å². The average molecular weight is 299 g/mol. The van der Waals surface area contributed by atoms with E-state index >= 15 is 0 Å². The number of nitrogens with zero attached hydrogens (tertiary/aromatic N) is 4. The molecule has 1 aliphatic rings. The molecule has 1 fully saturated rings. The molecule has 5 nitrogen and oxygen atoms in total. The van der Waals surface area contributed by atoms with Crippen LogP contribution in [-0.2, 0) is 0 Å². The summed E-state index contributed by atoms with van der Waals surface area (Å²) >= 11 is 5.95. The minimum atomic E-state index is 0.188. The molecular formula is C14H23ClN4O. The van der Waals surface area contributed by atoms with Crippen molar-refractivity contribution in [1.82, 2.24) is 15.0 Å². The molecule has 2 rings (SSSR count). The van der Waals surface area contributed by atoms with Gasteiger partial charge in [-0.1, -0.05) is 13.3 Å². The van der Waals surface area contributed by atoms with Crippen molar-refractivity contribution in [2.45, 2.75) is 52.0 Å². The van der Waals surface area contributed by atoms with Gasteiger partial charge in [-0.2, -0.15) is 15.0 Å². The van der Waals surface area contributed by atoms with Crippen molar-refractivity contribution in [2.24, 2.45) is 5.92 Å². The van der Waals surface area contributed by atoms with Crippen LogP contribution in [0.2, 0.25) is 5.28 Å². The van der Waals surface area contributed by atoms with Crippen LogP contribution in [0.25, 0.3) is 0 Å². The van der Waals surface area contributed by atoms with Crippen LogP contribution in [0.15, 0.2) is 0 Å². The molecule has 0 amide bonds. The molecule has 0 aliphatic heterocycles. The van der Waals surface area contributed by atoms with E-state index in [0.29, 0.717) is 24.6 Å². The number of rotatable bonds is 5. The first-order valence-electron chi connectivity index (χ1n) is 7.41. The van der Waals surface area contributed by atoms with Gasteiger partial charge >= 0.3 is 6.01 Å². The average Bonchev–Trinajstić information content (AvgIpc) is 2.46. The van der Waals surface area contributed by atoms with E-state index in [9.17, 15) is 0 Å². The number of aromatic nitrogens is 3. The molecule has 0 bridgehead atoms. The summed E-state index contributed by atoms with van der Waals surface area (Å²) in [6.07, 6.45) is 6.21. The van der Waals surface area contributed by atoms with Crippen molar-refractivity contribution in [2.75, 3.05) is 18.6 Å². The lowest BCUT2D eigenvalue weighted by atomic mass is 9.84. The fraction of sp³-hybridized carbons (Fsp3) is 0.786. The van der Waals surface area contributed by atoms with Gasteiger partial charge < -0.3 is 9.64 Å². The third-order valence-corrected chi connectivity index (χ3v) is 4.28. The quantitative estimate of drug-likeness (QED) is 0.834. The normalized spacial score (nSPS) is 22.6. The van der Waals surface area contributed by atoms with Crippen molar-refractivity contribution >= 4 is 17.5 Å². The predicted molar refractivity (Wildman–Crippen MR) is 80.4 cm³/mol. The summed E-state index contributed by atoms with van der Waals surface area (Å²) in [6.45, 7) is 4.69. The van der Waals surface area contributed by atoms with E-state index < -0.39 is 0 Å². The maximum Gasteiger partial charge on any atom is 0.322 e. The Morgan fingerprint density at radius 1 is 1.15 bits per heavy atom. The van der Waals surface area contributed by atoms with Gasteiger partial charge in [-0.05, 0) is 50.1 Å². The first-order chi connectivity index (χ1) is 9.63. The molecule has 20 heavy (non-hydrogen) atoms. The Bertz CT molecular complexity index is 435. The molecule has 112 valence electrons. The highest BCUT2D eigenvalue weighted by Gasteiger charge is 2.25. The highest BCUT2D eigenvalue weighted by atomic mass is 35.5. The van der Waals surface area contributed by atoms with Crippen molar-refractivity contribution in [3.8, 4) is 6.01 Å². The minimum absolute atomic E-state index is 0.188. The molecule has 0 spiro atoms. The molecule has 6 heteroatoms. The largest absolute Gasteiger partial charge is 0.464 e. The van der Waals surface area contributed by atoms with Gasteiger partial charge in [-0.15, -0.1) is 0 Å². The van der Waals surface area contributed by atoms with Crippen LogP contribution in [0, 0.1) is 5.92 Å². The molecule has 1 aromatic rings. The lowest BCUT2D eigenvalue weighted by molar-refractivity contribution is 0.304. The van der Waals surface area contributed by atoms with E-state index in [0.717, 1.165) is 5.92 Å². The van der Waals surface area contributed by atoms with Gasteiger partial charge in [0, 0.05) is 13.1 Å². The second-order valence-corrected chi connectivity index (χ2v) is 5.65. The summed E-state index contributed by atoms with van der Waals surface area (Å²) < 4.78 is 5.33. The Labute approximate surface area is 125 Å². The number of ether oxygens (including phenoxy) is 1. The highest BCUT2D eigenvalue weighted by molar-refractivity contribution is 6.28. The lowest BCUT2D eigenvalue weighted by Gasteiger charge is -2.34. The Hall–Kier alpha value is -1.10. The first kappa shape index (κ1) is 15.3. The summed E-state index contributed by atoms with van der Waals surface area (Å²) in [4.78, 5) is 14.6. The Morgan fingerprint density at radius 2 is 1.85 bits per heavy atom. The van der Waals surface area contributed by atoms with E-state index in [2.05, 4.69) is 26.8 Å². The lowest BCUT2D eigenvalue weighted by Crippen LogP contribution is -2.36. The van der Waals surface area contributed by atoms with Crippen molar-refractivity contribution in [1.29, 1.82) is 0 Å². The van der Waals surface area contributed by atoms with Gasteiger partial charge in [-0.25, -0.2) is 0 Å². The molecule has 1 aliphatic carbocycles. The van der Waals surface area contributed by atoms with Crippen molar-refractivity contribution in [3.63, 3.8) is 0 Å². The summed E-state index contributed by atoms with van der Waals surface area (Å²) in [6, 6.07) is 0.780. The molecule has 0 radical (unpaired) electrons. The zero-order chi connectivity index (χ0) is 14.5. The Balaban J connectivity index is 2.07. The number of hydrogen-bond donors (Lipinski definition) is 0. The van der Waals surface area contributed by atoms with E-state index in [1.165, 1.54) is 32.1 Å².